The zero-order chi connectivity index (χ0) is 15.1. The number of esters is 1. The van der Waals surface area contributed by atoms with Crippen LogP contribution in [0.25, 0.3) is 0 Å². The van der Waals surface area contributed by atoms with Gasteiger partial charge in [-0.15, -0.1) is 0 Å². The maximum atomic E-state index is 12.1. The van der Waals surface area contributed by atoms with Crippen LogP contribution < -0.4 is 5.32 Å². The molecule has 106 valence electrons. The summed E-state index contributed by atoms with van der Waals surface area (Å²) in [5.41, 5.74) is 0.382. The number of carbonyl (C=O) groups is 2. The van der Waals surface area contributed by atoms with Gasteiger partial charge in [-0.25, -0.2) is 4.79 Å². The summed E-state index contributed by atoms with van der Waals surface area (Å²) in [7, 11) is 1.24. The fourth-order valence-corrected chi connectivity index (χ4v) is 1.77. The number of methoxy groups -OCH3 is 1. The molecule has 5 nitrogen and oxygen atoms in total. The first-order valence-electron chi connectivity index (χ1n) is 6.00. The number of ether oxygens (including phenoxy) is 1. The van der Waals surface area contributed by atoms with Gasteiger partial charge in [-0.1, -0.05) is 18.5 Å². The second-order valence-corrected chi connectivity index (χ2v) is 4.76. The first kappa shape index (κ1) is 16.0. The van der Waals surface area contributed by atoms with Crippen LogP contribution in [0, 0.1) is 17.2 Å². The predicted octanol–water partition coefficient (Wildman–Crippen LogP) is 2.16. The molecule has 0 aliphatic heterocycles. The highest BCUT2D eigenvalue weighted by atomic mass is 35.5. The molecule has 20 heavy (non-hydrogen) atoms. The third kappa shape index (κ3) is 4.25. The van der Waals surface area contributed by atoms with Crippen LogP contribution in [-0.4, -0.2) is 25.0 Å². The van der Waals surface area contributed by atoms with E-state index in [4.69, 9.17) is 16.9 Å². The minimum Gasteiger partial charge on any atom is -0.467 e. The average Bonchev–Trinajstić information content (AvgIpc) is 2.44. The number of amides is 1. The van der Waals surface area contributed by atoms with E-state index in [1.807, 2.05) is 6.07 Å². The quantitative estimate of drug-likeness (QED) is 0.844. The van der Waals surface area contributed by atoms with Gasteiger partial charge in [-0.05, 0) is 24.3 Å². The zero-order valence-corrected chi connectivity index (χ0v) is 12.0. The molecule has 0 fully saturated rings. The molecule has 0 radical (unpaired) electrons. The standard InChI is InChI=1S/C14H15ClN2O3/c1-9(7-8-16)12(14(19)20-2)17-13(18)10-3-5-11(15)6-4-10/h3-6,9,12H,7H2,1-2H3,(H,17,18)/t9-,12+/m1/s1. The van der Waals surface area contributed by atoms with Crippen molar-refractivity contribution in [3.8, 4) is 6.07 Å². The molecule has 0 aliphatic rings. The Hall–Kier alpha value is -2.06. The number of hydrogen-bond acceptors (Lipinski definition) is 4. The topological polar surface area (TPSA) is 79.2 Å². The average molecular weight is 295 g/mol. The Kier molecular flexibility index (Phi) is 6.01. The summed E-state index contributed by atoms with van der Waals surface area (Å²) in [5, 5.41) is 11.8. The smallest absolute Gasteiger partial charge is 0.328 e. The van der Waals surface area contributed by atoms with Gasteiger partial charge in [-0.3, -0.25) is 4.79 Å². The monoisotopic (exact) mass is 294 g/mol. The number of benzene rings is 1. The van der Waals surface area contributed by atoms with Crippen molar-refractivity contribution in [1.29, 1.82) is 5.26 Å². The Balaban J connectivity index is 2.84. The van der Waals surface area contributed by atoms with Crippen molar-refractivity contribution in [2.75, 3.05) is 7.11 Å². The molecule has 2 atom stereocenters. The normalized spacial score (nSPS) is 12.9. The van der Waals surface area contributed by atoms with Crippen molar-refractivity contribution in [3.63, 3.8) is 0 Å². The molecule has 0 saturated carbocycles. The molecule has 1 amide bonds. The lowest BCUT2D eigenvalue weighted by atomic mass is 9.98. The lowest BCUT2D eigenvalue weighted by molar-refractivity contribution is -0.144. The minimum atomic E-state index is -0.858. The van der Waals surface area contributed by atoms with E-state index in [9.17, 15) is 9.59 Å². The van der Waals surface area contributed by atoms with E-state index in [1.54, 1.807) is 31.2 Å². The van der Waals surface area contributed by atoms with Gasteiger partial charge in [0.15, 0.2) is 0 Å². The van der Waals surface area contributed by atoms with Crippen LogP contribution in [0.5, 0.6) is 0 Å². The Morgan fingerprint density at radius 2 is 2.00 bits per heavy atom. The fraction of sp³-hybridized carbons (Fsp3) is 0.357. The molecule has 6 heteroatoms. The fourth-order valence-electron chi connectivity index (χ4n) is 1.65. The summed E-state index contributed by atoms with van der Waals surface area (Å²) in [5.74, 6) is -1.33. The zero-order valence-electron chi connectivity index (χ0n) is 11.2. The Bertz CT molecular complexity index is 522. The number of nitrogens with zero attached hydrogens (tertiary/aromatic N) is 1. The molecule has 0 aliphatic carbocycles. The van der Waals surface area contributed by atoms with Crippen LogP contribution in [0.4, 0.5) is 0 Å². The highest BCUT2D eigenvalue weighted by molar-refractivity contribution is 6.30. The Morgan fingerprint density at radius 1 is 1.40 bits per heavy atom. The van der Waals surface area contributed by atoms with Gasteiger partial charge in [0, 0.05) is 22.9 Å². The van der Waals surface area contributed by atoms with Crippen LogP contribution >= 0.6 is 11.6 Å². The van der Waals surface area contributed by atoms with E-state index in [1.165, 1.54) is 7.11 Å². The van der Waals surface area contributed by atoms with Gasteiger partial charge in [0.25, 0.3) is 5.91 Å². The molecule has 1 aromatic rings. The van der Waals surface area contributed by atoms with Gasteiger partial charge in [0.2, 0.25) is 0 Å². The second-order valence-electron chi connectivity index (χ2n) is 4.32. The summed E-state index contributed by atoms with van der Waals surface area (Å²) in [6.45, 7) is 1.70. The first-order valence-corrected chi connectivity index (χ1v) is 6.38. The van der Waals surface area contributed by atoms with Gasteiger partial charge in [-0.2, -0.15) is 5.26 Å². The van der Waals surface area contributed by atoms with E-state index < -0.39 is 17.9 Å². The first-order chi connectivity index (χ1) is 9.49. The predicted molar refractivity (Wildman–Crippen MR) is 74.1 cm³/mol. The van der Waals surface area contributed by atoms with Crippen LogP contribution in [0.3, 0.4) is 0 Å². The second kappa shape index (κ2) is 7.51. The summed E-state index contributed by atoms with van der Waals surface area (Å²) < 4.78 is 4.65. The number of rotatable bonds is 5. The van der Waals surface area contributed by atoms with E-state index >= 15 is 0 Å². The van der Waals surface area contributed by atoms with E-state index in [0.29, 0.717) is 10.6 Å². The number of halogens is 1. The van der Waals surface area contributed by atoms with Gasteiger partial charge >= 0.3 is 5.97 Å². The summed E-state index contributed by atoms with van der Waals surface area (Å²) in [4.78, 5) is 23.7. The SMILES string of the molecule is COC(=O)[C@@H](NC(=O)c1ccc(Cl)cc1)[C@H](C)CC#N. The van der Waals surface area contributed by atoms with Crippen LogP contribution in [0.15, 0.2) is 24.3 Å². The minimum absolute atomic E-state index is 0.140. The number of nitrogens with one attached hydrogen (secondary N) is 1. The largest absolute Gasteiger partial charge is 0.467 e. The molecule has 0 heterocycles. The molecule has 1 aromatic carbocycles. The number of carbonyl (C=O) groups excluding carboxylic acids is 2. The van der Waals surface area contributed by atoms with Crippen molar-refractivity contribution >= 4 is 23.5 Å². The van der Waals surface area contributed by atoms with E-state index in [-0.39, 0.29) is 12.3 Å². The van der Waals surface area contributed by atoms with Crippen LogP contribution in [0.1, 0.15) is 23.7 Å². The molecule has 0 bridgehead atoms. The molecule has 1 rings (SSSR count). The lowest BCUT2D eigenvalue weighted by Gasteiger charge is -2.21. The number of nitriles is 1. The maximum absolute atomic E-state index is 12.1. The summed E-state index contributed by atoms with van der Waals surface area (Å²) in [6.07, 6.45) is 0.140. The van der Waals surface area contributed by atoms with Crippen LogP contribution in [-0.2, 0) is 9.53 Å². The summed E-state index contributed by atoms with van der Waals surface area (Å²) in [6, 6.07) is 7.40. The molecular formula is C14H15ClN2O3. The molecule has 1 N–H and O–H groups in total. The highest BCUT2D eigenvalue weighted by Crippen LogP contribution is 2.12. The van der Waals surface area contributed by atoms with E-state index in [2.05, 4.69) is 10.1 Å². The molecule has 0 aromatic heterocycles. The Labute approximate surface area is 122 Å². The third-order valence-corrected chi connectivity index (χ3v) is 3.08. The molecule has 0 unspecified atom stereocenters. The van der Waals surface area contributed by atoms with Crippen molar-refractivity contribution in [1.82, 2.24) is 5.32 Å². The third-order valence-electron chi connectivity index (χ3n) is 2.83. The molecule has 0 spiro atoms. The van der Waals surface area contributed by atoms with Crippen molar-refractivity contribution < 1.29 is 14.3 Å². The van der Waals surface area contributed by atoms with Gasteiger partial charge in [0.05, 0.1) is 13.2 Å². The van der Waals surface area contributed by atoms with Crippen molar-refractivity contribution in [2.24, 2.45) is 5.92 Å². The number of hydrogen-bond donors (Lipinski definition) is 1. The van der Waals surface area contributed by atoms with E-state index in [0.717, 1.165) is 0 Å². The molecule has 0 saturated heterocycles. The van der Waals surface area contributed by atoms with Crippen molar-refractivity contribution in [2.45, 2.75) is 19.4 Å². The highest BCUT2D eigenvalue weighted by Gasteiger charge is 2.27. The Morgan fingerprint density at radius 3 is 2.50 bits per heavy atom. The van der Waals surface area contributed by atoms with Crippen LogP contribution in [0.2, 0.25) is 5.02 Å². The van der Waals surface area contributed by atoms with Gasteiger partial charge in [0.1, 0.15) is 6.04 Å². The maximum Gasteiger partial charge on any atom is 0.328 e. The van der Waals surface area contributed by atoms with Gasteiger partial charge < -0.3 is 10.1 Å². The molecular weight excluding hydrogens is 280 g/mol. The lowest BCUT2D eigenvalue weighted by Crippen LogP contribution is -2.45. The summed E-state index contributed by atoms with van der Waals surface area (Å²) >= 11 is 5.74. The van der Waals surface area contributed by atoms with Crippen molar-refractivity contribution in [3.05, 3.63) is 34.9 Å².